The molecule has 31 heavy (non-hydrogen) atoms. The van der Waals surface area contributed by atoms with Crippen LogP contribution in [-0.4, -0.2) is 19.2 Å². The molecule has 0 fully saturated rings. The highest BCUT2D eigenvalue weighted by Gasteiger charge is 2.11. The highest BCUT2D eigenvalue weighted by Crippen LogP contribution is 2.34. The zero-order chi connectivity index (χ0) is 22.4. The molecule has 0 atom stereocenters. The SMILES string of the molecule is COc1cc(C(=O)N/N=C\c2cc(Cl)c(OCc3cccc(C)c3)c(Br)c2)ccc1I. The maximum Gasteiger partial charge on any atom is 0.271 e. The van der Waals surface area contributed by atoms with Crippen LogP contribution in [0.15, 0.2) is 64.2 Å². The molecule has 0 saturated heterocycles. The van der Waals surface area contributed by atoms with E-state index < -0.39 is 0 Å². The number of ether oxygens (including phenoxy) is 2. The normalized spacial score (nSPS) is 10.9. The zero-order valence-corrected chi connectivity index (χ0v) is 21.3. The maximum atomic E-state index is 12.3. The van der Waals surface area contributed by atoms with Gasteiger partial charge in [0.1, 0.15) is 12.4 Å². The molecule has 0 heterocycles. The van der Waals surface area contributed by atoms with Crippen LogP contribution in [0.1, 0.15) is 27.0 Å². The van der Waals surface area contributed by atoms with E-state index in [1.54, 1.807) is 25.3 Å². The van der Waals surface area contributed by atoms with Crippen LogP contribution in [-0.2, 0) is 6.61 Å². The largest absolute Gasteiger partial charge is 0.496 e. The van der Waals surface area contributed by atoms with E-state index in [4.69, 9.17) is 21.1 Å². The number of rotatable bonds is 7. The smallest absolute Gasteiger partial charge is 0.271 e. The molecule has 3 rings (SSSR count). The number of nitrogens with one attached hydrogen (secondary N) is 1. The molecule has 1 amide bonds. The second kappa shape index (κ2) is 11.0. The topological polar surface area (TPSA) is 59.9 Å². The molecule has 0 aliphatic rings. The van der Waals surface area contributed by atoms with Crippen LogP contribution in [0.5, 0.6) is 11.5 Å². The molecule has 0 bridgehead atoms. The molecule has 160 valence electrons. The molecule has 0 aromatic heterocycles. The predicted molar refractivity (Wildman–Crippen MR) is 135 cm³/mol. The molecular weight excluding hydrogens is 595 g/mol. The minimum absolute atomic E-state index is 0.339. The quantitative estimate of drug-likeness (QED) is 0.192. The van der Waals surface area contributed by atoms with Crippen molar-refractivity contribution >= 4 is 62.2 Å². The van der Waals surface area contributed by atoms with E-state index >= 15 is 0 Å². The van der Waals surface area contributed by atoms with Gasteiger partial charge in [-0.05, 0) is 86.9 Å². The summed E-state index contributed by atoms with van der Waals surface area (Å²) in [7, 11) is 1.56. The van der Waals surface area contributed by atoms with E-state index in [9.17, 15) is 4.79 Å². The van der Waals surface area contributed by atoms with Gasteiger partial charge in [-0.2, -0.15) is 5.10 Å². The van der Waals surface area contributed by atoms with E-state index in [0.717, 1.165) is 9.13 Å². The van der Waals surface area contributed by atoms with Gasteiger partial charge in [0, 0.05) is 5.56 Å². The Morgan fingerprint density at radius 2 is 2.03 bits per heavy atom. The minimum Gasteiger partial charge on any atom is -0.496 e. The fraction of sp³-hybridized carbons (Fsp3) is 0.130. The van der Waals surface area contributed by atoms with Crippen molar-refractivity contribution in [3.05, 3.63) is 89.9 Å². The third kappa shape index (κ3) is 6.44. The Balaban J connectivity index is 1.65. The third-order valence-corrected chi connectivity index (χ3v) is 6.04. The first-order chi connectivity index (χ1) is 14.9. The number of amides is 1. The first-order valence-corrected chi connectivity index (χ1v) is 11.5. The van der Waals surface area contributed by atoms with Crippen LogP contribution in [0.3, 0.4) is 0 Å². The van der Waals surface area contributed by atoms with Crippen LogP contribution in [0, 0.1) is 10.5 Å². The van der Waals surface area contributed by atoms with Gasteiger partial charge in [0.15, 0.2) is 5.75 Å². The van der Waals surface area contributed by atoms with Crippen molar-refractivity contribution in [1.29, 1.82) is 0 Å². The molecule has 8 heteroatoms. The Labute approximate surface area is 208 Å². The van der Waals surface area contributed by atoms with Crippen LogP contribution >= 0.6 is 50.1 Å². The Kier molecular flexibility index (Phi) is 8.34. The van der Waals surface area contributed by atoms with Crippen molar-refractivity contribution in [2.45, 2.75) is 13.5 Å². The van der Waals surface area contributed by atoms with Gasteiger partial charge in [-0.3, -0.25) is 4.79 Å². The van der Waals surface area contributed by atoms with E-state index in [0.29, 0.717) is 38.7 Å². The molecule has 3 aromatic rings. The highest BCUT2D eigenvalue weighted by atomic mass is 127. The molecule has 0 aliphatic carbocycles. The lowest BCUT2D eigenvalue weighted by Crippen LogP contribution is -2.17. The van der Waals surface area contributed by atoms with Crippen LogP contribution in [0.4, 0.5) is 0 Å². The van der Waals surface area contributed by atoms with Gasteiger partial charge < -0.3 is 9.47 Å². The molecule has 0 saturated carbocycles. The van der Waals surface area contributed by atoms with Gasteiger partial charge in [0.05, 0.1) is 26.4 Å². The van der Waals surface area contributed by atoms with Gasteiger partial charge in [-0.15, -0.1) is 0 Å². The lowest BCUT2D eigenvalue weighted by molar-refractivity contribution is 0.0954. The summed E-state index contributed by atoms with van der Waals surface area (Å²) in [6.07, 6.45) is 1.52. The number of hydrogen-bond acceptors (Lipinski definition) is 4. The van der Waals surface area contributed by atoms with E-state index in [1.165, 1.54) is 11.8 Å². The predicted octanol–water partition coefficient (Wildman–Crippen LogP) is 6.37. The molecular formula is C23H19BrClIN2O3. The fourth-order valence-electron chi connectivity index (χ4n) is 2.78. The van der Waals surface area contributed by atoms with Crippen molar-refractivity contribution in [2.24, 2.45) is 5.10 Å². The average Bonchev–Trinajstić information content (AvgIpc) is 2.73. The maximum absolute atomic E-state index is 12.3. The second-order valence-corrected chi connectivity index (χ2v) is 9.06. The van der Waals surface area contributed by atoms with Crippen LogP contribution in [0.2, 0.25) is 5.02 Å². The zero-order valence-electron chi connectivity index (χ0n) is 16.8. The number of hydrogen-bond donors (Lipinski definition) is 1. The van der Waals surface area contributed by atoms with E-state index in [-0.39, 0.29) is 5.91 Å². The summed E-state index contributed by atoms with van der Waals surface area (Å²) in [5, 5.41) is 4.47. The number of carbonyl (C=O) groups is 1. The molecule has 0 unspecified atom stereocenters. The summed E-state index contributed by atoms with van der Waals surface area (Å²) in [6.45, 7) is 2.44. The summed E-state index contributed by atoms with van der Waals surface area (Å²) in [4.78, 5) is 12.3. The third-order valence-electron chi connectivity index (χ3n) is 4.28. The minimum atomic E-state index is -0.339. The van der Waals surface area contributed by atoms with Crippen LogP contribution < -0.4 is 14.9 Å². The summed E-state index contributed by atoms with van der Waals surface area (Å²) < 4.78 is 12.8. The van der Waals surface area contributed by atoms with Gasteiger partial charge in [-0.1, -0.05) is 41.4 Å². The second-order valence-electron chi connectivity index (χ2n) is 6.64. The van der Waals surface area contributed by atoms with Gasteiger partial charge in [0.2, 0.25) is 0 Å². The molecule has 0 spiro atoms. The standard InChI is InChI=1S/C23H19BrClIN2O3/c1-14-4-3-5-15(8-14)13-31-22-18(24)9-16(10-19(22)25)12-27-28-23(29)17-6-7-20(26)21(11-17)30-2/h3-12H,13H2,1-2H3,(H,28,29)/b27-12-. The number of hydrazone groups is 1. The number of carbonyl (C=O) groups excluding carboxylic acids is 1. The molecule has 1 N–H and O–H groups in total. The van der Waals surface area contributed by atoms with Gasteiger partial charge in [-0.25, -0.2) is 5.43 Å². The van der Waals surface area contributed by atoms with Crippen LogP contribution in [0.25, 0.3) is 0 Å². The Hall–Kier alpha value is -2.10. The number of nitrogens with zero attached hydrogens (tertiary/aromatic N) is 1. The van der Waals surface area contributed by atoms with Crippen molar-refractivity contribution in [3.8, 4) is 11.5 Å². The van der Waals surface area contributed by atoms with Crippen molar-refractivity contribution < 1.29 is 14.3 Å². The molecule has 3 aromatic carbocycles. The molecule has 0 aliphatic heterocycles. The molecule has 5 nitrogen and oxygen atoms in total. The number of methoxy groups -OCH3 is 1. The Morgan fingerprint density at radius 1 is 1.23 bits per heavy atom. The monoisotopic (exact) mass is 612 g/mol. The van der Waals surface area contributed by atoms with Crippen molar-refractivity contribution in [1.82, 2.24) is 5.43 Å². The molecule has 0 radical (unpaired) electrons. The Morgan fingerprint density at radius 3 is 2.74 bits per heavy atom. The lowest BCUT2D eigenvalue weighted by atomic mass is 10.1. The number of benzene rings is 3. The first kappa shape index (κ1) is 23.6. The summed E-state index contributed by atoms with van der Waals surface area (Å²) in [5.41, 5.74) is 5.90. The fourth-order valence-corrected chi connectivity index (χ4v) is 4.32. The van der Waals surface area contributed by atoms with Crippen molar-refractivity contribution in [3.63, 3.8) is 0 Å². The summed E-state index contributed by atoms with van der Waals surface area (Å²) in [5.74, 6) is 0.846. The van der Waals surface area contributed by atoms with Gasteiger partial charge in [0.25, 0.3) is 5.91 Å². The number of halogens is 3. The first-order valence-electron chi connectivity index (χ1n) is 9.21. The Bertz CT molecular complexity index is 1110. The van der Waals surface area contributed by atoms with Gasteiger partial charge >= 0.3 is 0 Å². The summed E-state index contributed by atoms with van der Waals surface area (Å²) >= 11 is 12.0. The average molecular weight is 614 g/mol. The lowest BCUT2D eigenvalue weighted by Gasteiger charge is -2.11. The number of aryl methyl sites for hydroxylation is 1. The van der Waals surface area contributed by atoms with Crippen molar-refractivity contribution in [2.75, 3.05) is 7.11 Å². The highest BCUT2D eigenvalue weighted by molar-refractivity contribution is 14.1. The van der Waals surface area contributed by atoms with E-state index in [1.807, 2.05) is 37.3 Å². The summed E-state index contributed by atoms with van der Waals surface area (Å²) in [6, 6.07) is 16.8. The van der Waals surface area contributed by atoms with E-state index in [2.05, 4.69) is 55.1 Å².